The van der Waals surface area contributed by atoms with Crippen molar-refractivity contribution in [1.29, 1.82) is 0 Å². The summed E-state index contributed by atoms with van der Waals surface area (Å²) in [5.41, 5.74) is 0.569. The van der Waals surface area contributed by atoms with Gasteiger partial charge in [0.15, 0.2) is 12.6 Å². The maximum absolute atomic E-state index is 10.9. The lowest BCUT2D eigenvalue weighted by molar-refractivity contribution is 0.111. The van der Waals surface area contributed by atoms with Crippen molar-refractivity contribution in [3.8, 4) is 34.4 Å². The Bertz CT molecular complexity index is 829. The molecular formula is C16H10N2O5. The minimum absolute atomic E-state index is 0.0166. The van der Waals surface area contributed by atoms with Crippen LogP contribution in [0.5, 0.6) is 11.5 Å². The van der Waals surface area contributed by atoms with Crippen LogP contribution in [0.2, 0.25) is 0 Å². The Morgan fingerprint density at radius 1 is 0.783 bits per heavy atom. The second-order valence-corrected chi connectivity index (χ2v) is 4.63. The molecule has 7 heteroatoms. The molecule has 0 saturated heterocycles. The lowest BCUT2D eigenvalue weighted by Gasteiger charge is -2.02. The largest absolute Gasteiger partial charge is 0.506 e. The molecule has 0 aliphatic rings. The summed E-state index contributed by atoms with van der Waals surface area (Å²) in [6.45, 7) is 0. The third-order valence-corrected chi connectivity index (χ3v) is 3.27. The Kier molecular flexibility index (Phi) is 3.60. The van der Waals surface area contributed by atoms with E-state index in [1.165, 1.54) is 24.3 Å². The summed E-state index contributed by atoms with van der Waals surface area (Å²) in [7, 11) is 0. The van der Waals surface area contributed by atoms with Gasteiger partial charge in [0.05, 0.1) is 22.3 Å². The number of aromatic nitrogens is 2. The van der Waals surface area contributed by atoms with Crippen molar-refractivity contribution in [2.75, 3.05) is 0 Å². The highest BCUT2D eigenvalue weighted by molar-refractivity contribution is 5.85. The number of hydrogen-bond donors (Lipinski definition) is 2. The topological polar surface area (TPSA) is 114 Å². The maximum atomic E-state index is 10.9. The summed E-state index contributed by atoms with van der Waals surface area (Å²) in [4.78, 5) is 21.7. The molecule has 2 aromatic carbocycles. The Morgan fingerprint density at radius 2 is 1.22 bits per heavy atom. The summed E-state index contributed by atoms with van der Waals surface area (Å²) < 4.78 is 5.44. The Labute approximate surface area is 129 Å². The SMILES string of the molecule is O=Cc1cccc(-c2nnc(-c3cccc(C=O)c3O)o2)c1O. The van der Waals surface area contributed by atoms with Crippen molar-refractivity contribution in [2.24, 2.45) is 0 Å². The first-order valence-electron chi connectivity index (χ1n) is 6.54. The maximum Gasteiger partial charge on any atom is 0.251 e. The highest BCUT2D eigenvalue weighted by Gasteiger charge is 2.18. The molecule has 114 valence electrons. The van der Waals surface area contributed by atoms with E-state index in [9.17, 15) is 19.8 Å². The number of aldehydes is 2. The second kappa shape index (κ2) is 5.72. The molecule has 0 unspecified atom stereocenters. The summed E-state index contributed by atoms with van der Waals surface area (Å²) >= 11 is 0. The van der Waals surface area contributed by atoms with Gasteiger partial charge in [-0.05, 0) is 24.3 Å². The first-order valence-corrected chi connectivity index (χ1v) is 6.54. The van der Waals surface area contributed by atoms with Gasteiger partial charge in [-0.2, -0.15) is 0 Å². The van der Waals surface area contributed by atoms with Crippen LogP contribution in [-0.4, -0.2) is 33.0 Å². The second-order valence-electron chi connectivity index (χ2n) is 4.63. The van der Waals surface area contributed by atoms with Crippen molar-refractivity contribution >= 4 is 12.6 Å². The van der Waals surface area contributed by atoms with Crippen molar-refractivity contribution < 1.29 is 24.2 Å². The molecule has 0 fully saturated rings. The van der Waals surface area contributed by atoms with Gasteiger partial charge in [0.25, 0.3) is 11.8 Å². The van der Waals surface area contributed by atoms with Crippen LogP contribution >= 0.6 is 0 Å². The highest BCUT2D eigenvalue weighted by atomic mass is 16.4. The molecule has 0 spiro atoms. The van der Waals surface area contributed by atoms with Crippen LogP contribution in [0.25, 0.3) is 22.9 Å². The quantitative estimate of drug-likeness (QED) is 0.711. The van der Waals surface area contributed by atoms with Gasteiger partial charge in [-0.25, -0.2) is 0 Å². The van der Waals surface area contributed by atoms with E-state index >= 15 is 0 Å². The fraction of sp³-hybridized carbons (Fsp3) is 0. The molecule has 0 radical (unpaired) electrons. The average Bonchev–Trinajstić information content (AvgIpc) is 3.05. The number of para-hydroxylation sites is 2. The Balaban J connectivity index is 2.09. The summed E-state index contributed by atoms with van der Waals surface area (Å²) in [6.07, 6.45) is 1.02. The van der Waals surface area contributed by atoms with Crippen molar-refractivity contribution in [1.82, 2.24) is 10.2 Å². The van der Waals surface area contributed by atoms with Gasteiger partial charge in [-0.15, -0.1) is 10.2 Å². The molecular weight excluding hydrogens is 300 g/mol. The van der Waals surface area contributed by atoms with E-state index in [0.29, 0.717) is 12.6 Å². The Morgan fingerprint density at radius 3 is 1.61 bits per heavy atom. The average molecular weight is 310 g/mol. The predicted octanol–water partition coefficient (Wildman–Crippen LogP) is 2.44. The molecule has 7 nitrogen and oxygen atoms in total. The third-order valence-electron chi connectivity index (χ3n) is 3.27. The Hall–Kier alpha value is -3.48. The molecule has 1 aromatic heterocycles. The van der Waals surface area contributed by atoms with Gasteiger partial charge in [0, 0.05) is 0 Å². The zero-order chi connectivity index (χ0) is 16.4. The number of phenols is 2. The van der Waals surface area contributed by atoms with Crippen LogP contribution in [0, 0.1) is 0 Å². The van der Waals surface area contributed by atoms with Crippen LogP contribution in [-0.2, 0) is 0 Å². The minimum Gasteiger partial charge on any atom is -0.506 e. The summed E-state index contributed by atoms with van der Waals surface area (Å²) in [5.74, 6) is -0.582. The zero-order valence-electron chi connectivity index (χ0n) is 11.6. The smallest absolute Gasteiger partial charge is 0.251 e. The van der Waals surface area contributed by atoms with Gasteiger partial charge in [-0.3, -0.25) is 9.59 Å². The van der Waals surface area contributed by atoms with E-state index in [-0.39, 0.29) is 45.5 Å². The number of benzene rings is 2. The molecule has 2 N–H and O–H groups in total. The van der Waals surface area contributed by atoms with Gasteiger partial charge < -0.3 is 14.6 Å². The van der Waals surface area contributed by atoms with Crippen LogP contribution in [0.4, 0.5) is 0 Å². The summed E-state index contributed by atoms with van der Waals surface area (Å²) in [6, 6.07) is 9.05. The minimum atomic E-state index is -0.274. The first kappa shape index (κ1) is 14.5. The van der Waals surface area contributed by atoms with Crippen LogP contribution in [0.3, 0.4) is 0 Å². The van der Waals surface area contributed by atoms with Gasteiger partial charge in [0.2, 0.25) is 0 Å². The molecule has 0 saturated carbocycles. The fourth-order valence-corrected chi connectivity index (χ4v) is 2.10. The molecule has 0 amide bonds. The molecule has 1 heterocycles. The molecule has 23 heavy (non-hydrogen) atoms. The highest BCUT2D eigenvalue weighted by Crippen LogP contribution is 2.35. The first-order chi connectivity index (χ1) is 11.2. The number of phenolic OH excluding ortho intramolecular Hbond substituents is 2. The number of aromatic hydroxyl groups is 2. The number of carbonyl (C=O) groups excluding carboxylic acids is 2. The van der Waals surface area contributed by atoms with E-state index in [1.54, 1.807) is 12.1 Å². The molecule has 0 aliphatic heterocycles. The van der Waals surface area contributed by atoms with Crippen LogP contribution in [0.15, 0.2) is 40.8 Å². The van der Waals surface area contributed by atoms with E-state index in [4.69, 9.17) is 4.42 Å². The lowest BCUT2D eigenvalue weighted by atomic mass is 10.1. The normalized spacial score (nSPS) is 10.4. The number of nitrogens with zero attached hydrogens (tertiary/aromatic N) is 2. The molecule has 3 rings (SSSR count). The zero-order valence-corrected chi connectivity index (χ0v) is 11.6. The van der Waals surface area contributed by atoms with E-state index in [1.807, 2.05) is 0 Å². The fourth-order valence-electron chi connectivity index (χ4n) is 2.10. The van der Waals surface area contributed by atoms with Crippen molar-refractivity contribution in [3.05, 3.63) is 47.5 Å². The number of carbonyl (C=O) groups is 2. The number of rotatable bonds is 4. The number of hydrogen-bond acceptors (Lipinski definition) is 7. The molecule has 0 bridgehead atoms. The third kappa shape index (κ3) is 2.44. The lowest BCUT2D eigenvalue weighted by Crippen LogP contribution is -1.85. The standard InChI is InChI=1S/C16H10N2O5/c19-7-9-3-1-5-11(13(9)21)15-17-18-16(23-15)12-6-2-4-10(8-20)14(12)22/h1-8,21-22H. The van der Waals surface area contributed by atoms with E-state index in [2.05, 4.69) is 10.2 Å². The molecule has 0 aliphatic carbocycles. The van der Waals surface area contributed by atoms with E-state index in [0.717, 1.165) is 0 Å². The monoisotopic (exact) mass is 310 g/mol. The van der Waals surface area contributed by atoms with Gasteiger partial charge in [0.1, 0.15) is 11.5 Å². The summed E-state index contributed by atoms with van der Waals surface area (Å²) in [5, 5.41) is 27.6. The van der Waals surface area contributed by atoms with Gasteiger partial charge >= 0.3 is 0 Å². The van der Waals surface area contributed by atoms with Crippen LogP contribution < -0.4 is 0 Å². The molecule has 0 atom stereocenters. The predicted molar refractivity (Wildman–Crippen MR) is 79.3 cm³/mol. The van der Waals surface area contributed by atoms with E-state index < -0.39 is 0 Å². The van der Waals surface area contributed by atoms with Gasteiger partial charge in [-0.1, -0.05) is 12.1 Å². The molecule has 3 aromatic rings. The van der Waals surface area contributed by atoms with Crippen molar-refractivity contribution in [3.63, 3.8) is 0 Å². The van der Waals surface area contributed by atoms with Crippen LogP contribution in [0.1, 0.15) is 20.7 Å². The van der Waals surface area contributed by atoms with Crippen molar-refractivity contribution in [2.45, 2.75) is 0 Å².